The number of hydrogen-bond acceptors (Lipinski definition) is 8. The van der Waals surface area contributed by atoms with Crippen molar-refractivity contribution in [3.05, 3.63) is 34.4 Å². The van der Waals surface area contributed by atoms with Gasteiger partial charge in [0.25, 0.3) is 0 Å². The van der Waals surface area contributed by atoms with Gasteiger partial charge in [-0.1, -0.05) is 108 Å². The molecule has 0 radical (unpaired) electrons. The SMILES string of the molecule is CBr.CC.CC(C)(C)OC(=O)c1cc(C(C)(C)C)n(C(C)(C)C)n1.CI.CN=S.Cc1c(C(=O)OC(C)(C)C)nn(C(C)C)c1C(C)(C)C.[2H]CC. The van der Waals surface area contributed by atoms with E-state index < -0.39 is 11.2 Å². The van der Waals surface area contributed by atoms with Gasteiger partial charge >= 0.3 is 11.9 Å². The van der Waals surface area contributed by atoms with Gasteiger partial charge in [0, 0.05) is 54.7 Å². The van der Waals surface area contributed by atoms with Crippen molar-refractivity contribution >= 4 is 62.9 Å². The van der Waals surface area contributed by atoms with Crippen LogP contribution in [0.2, 0.25) is 0 Å². The maximum atomic E-state index is 12.3. The number of alkyl halides is 2. The van der Waals surface area contributed by atoms with E-state index in [1.807, 2.05) is 88.5 Å². The van der Waals surface area contributed by atoms with Gasteiger partial charge in [0.2, 0.25) is 0 Å². The Hall–Kier alpha value is -1.41. The number of carbonyl (C=O) groups excluding carboxylic acids is 2. The smallest absolute Gasteiger partial charge is 0.359 e. The lowest BCUT2D eigenvalue weighted by molar-refractivity contribution is 0.00487. The second-order valence-electron chi connectivity index (χ2n) is 16.0. The number of rotatable bonds is 3. The highest BCUT2D eigenvalue weighted by molar-refractivity contribution is 14.1. The summed E-state index contributed by atoms with van der Waals surface area (Å²) >= 11 is 9.11. The lowest BCUT2D eigenvalue weighted by atomic mass is 9.88. The summed E-state index contributed by atoms with van der Waals surface area (Å²) in [6.07, 6.45) is 0. The minimum atomic E-state index is -0.509. The Kier molecular flexibility index (Phi) is 29.1. The quantitative estimate of drug-likeness (QED) is 0.172. The minimum absolute atomic E-state index is 0.0678. The molecule has 0 fully saturated rings. The molecular formula is C39H77BrIN5O4S. The van der Waals surface area contributed by atoms with Crippen molar-refractivity contribution in [2.75, 3.05) is 17.8 Å². The normalized spacial score (nSPS) is 11.3. The molecule has 2 heterocycles. The zero-order chi connectivity index (χ0) is 43.2. The Labute approximate surface area is 343 Å². The molecule has 9 nitrogen and oxygen atoms in total. The van der Waals surface area contributed by atoms with Gasteiger partial charge in [0.05, 0.1) is 5.54 Å². The van der Waals surface area contributed by atoms with E-state index in [4.69, 9.17) is 10.8 Å². The second kappa shape index (κ2) is 26.4. The van der Waals surface area contributed by atoms with Crippen LogP contribution >= 0.6 is 38.5 Å². The first-order chi connectivity index (χ1) is 23.4. The highest BCUT2D eigenvalue weighted by atomic mass is 127. The molecule has 0 spiro atoms. The second-order valence-corrected chi connectivity index (χ2v) is 16.4. The van der Waals surface area contributed by atoms with E-state index in [2.05, 4.69) is 142 Å². The topological polar surface area (TPSA) is 101 Å². The van der Waals surface area contributed by atoms with Crippen molar-refractivity contribution < 1.29 is 20.4 Å². The predicted octanol–water partition coefficient (Wildman–Crippen LogP) is 12.4. The molecule has 0 N–H and O–H groups in total. The summed E-state index contributed by atoms with van der Waals surface area (Å²) in [6.45, 7) is 42.5. The molecule has 2 aromatic rings. The first kappa shape index (κ1) is 56.3. The first-order valence-electron chi connectivity index (χ1n) is 18.0. The fraction of sp³-hybridized carbons (Fsp3) is 0.795. The Morgan fingerprint density at radius 3 is 1.41 bits per heavy atom. The molecule has 0 aliphatic heterocycles. The lowest BCUT2D eigenvalue weighted by Gasteiger charge is -2.28. The van der Waals surface area contributed by atoms with Crippen molar-refractivity contribution in [2.24, 2.45) is 4.36 Å². The number of carbonyl (C=O) groups is 2. The molecule has 2 aromatic heterocycles. The molecule has 0 aromatic carbocycles. The van der Waals surface area contributed by atoms with Crippen LogP contribution in [0.4, 0.5) is 0 Å². The van der Waals surface area contributed by atoms with Gasteiger partial charge < -0.3 is 9.47 Å². The van der Waals surface area contributed by atoms with Crippen molar-refractivity contribution in [1.29, 1.82) is 0 Å². The van der Waals surface area contributed by atoms with Gasteiger partial charge in [-0.15, -0.1) is 0 Å². The summed E-state index contributed by atoms with van der Waals surface area (Å²) in [4.78, 5) is 26.4. The number of hydrogen-bond donors (Lipinski definition) is 0. The van der Waals surface area contributed by atoms with E-state index in [1.54, 1.807) is 14.0 Å². The molecule has 0 atom stereocenters. The van der Waals surface area contributed by atoms with Gasteiger partial charge in [-0.05, 0) is 99.9 Å². The summed E-state index contributed by atoms with van der Waals surface area (Å²) in [7, 11) is 1.56. The van der Waals surface area contributed by atoms with Crippen LogP contribution < -0.4 is 0 Å². The number of halogens is 2. The summed E-state index contributed by atoms with van der Waals surface area (Å²) in [5.74, 6) is 1.10. The van der Waals surface area contributed by atoms with Gasteiger partial charge in [-0.25, -0.2) is 14.0 Å². The van der Waals surface area contributed by atoms with E-state index in [0.717, 1.165) is 17.0 Å². The maximum Gasteiger partial charge on any atom is 0.359 e. The average Bonchev–Trinajstić information content (AvgIpc) is 3.59. The van der Waals surface area contributed by atoms with E-state index in [0.29, 0.717) is 18.3 Å². The summed E-state index contributed by atoms with van der Waals surface area (Å²) in [6, 6.07) is 2.05. The fourth-order valence-corrected chi connectivity index (χ4v) is 4.17. The molecule has 0 aliphatic rings. The molecule has 12 heteroatoms. The summed E-state index contributed by atoms with van der Waals surface area (Å²) in [5, 5.41) is 8.98. The van der Waals surface area contributed by atoms with Crippen molar-refractivity contribution in [3.8, 4) is 0 Å². The van der Waals surface area contributed by atoms with Crippen LogP contribution in [-0.4, -0.2) is 60.5 Å². The van der Waals surface area contributed by atoms with E-state index >= 15 is 0 Å². The third-order valence-corrected chi connectivity index (χ3v) is 5.66. The van der Waals surface area contributed by atoms with Crippen LogP contribution in [0.1, 0.15) is 191 Å². The molecule has 2 rings (SSSR count). The average molecular weight is 920 g/mol. The summed E-state index contributed by atoms with van der Waals surface area (Å²) < 4.78 is 24.0. The molecule has 0 aliphatic carbocycles. The fourth-order valence-electron chi connectivity index (χ4n) is 4.17. The van der Waals surface area contributed by atoms with Gasteiger partial charge in [-0.3, -0.25) is 9.36 Å². The first-order valence-corrected chi connectivity index (χ1v) is 21.4. The van der Waals surface area contributed by atoms with Crippen LogP contribution in [0.5, 0.6) is 0 Å². The van der Waals surface area contributed by atoms with Crippen LogP contribution in [0.3, 0.4) is 0 Å². The zero-order valence-electron chi connectivity index (χ0n) is 37.9. The highest BCUT2D eigenvalue weighted by Gasteiger charge is 2.32. The van der Waals surface area contributed by atoms with Crippen molar-refractivity contribution in [1.82, 2.24) is 19.6 Å². The van der Waals surface area contributed by atoms with Crippen molar-refractivity contribution in [3.63, 3.8) is 0 Å². The van der Waals surface area contributed by atoms with Gasteiger partial charge in [-0.2, -0.15) is 10.2 Å². The van der Waals surface area contributed by atoms with E-state index in [1.165, 1.54) is 0 Å². The van der Waals surface area contributed by atoms with Crippen LogP contribution in [0, 0.1) is 6.92 Å². The molecule has 0 saturated heterocycles. The van der Waals surface area contributed by atoms with Crippen LogP contribution in [0.25, 0.3) is 0 Å². The summed E-state index contributed by atoms with van der Waals surface area (Å²) in [5.41, 5.74) is 2.50. The molecule has 0 unspecified atom stereocenters. The lowest BCUT2D eigenvalue weighted by Crippen LogP contribution is -2.30. The minimum Gasteiger partial charge on any atom is -0.455 e. The largest absolute Gasteiger partial charge is 0.455 e. The highest BCUT2D eigenvalue weighted by Crippen LogP contribution is 2.31. The van der Waals surface area contributed by atoms with Crippen LogP contribution in [0.15, 0.2) is 10.4 Å². The molecule has 302 valence electrons. The molecule has 0 bridgehead atoms. The Balaban J connectivity index is -0.000000218. The Morgan fingerprint density at radius 2 is 1.18 bits per heavy atom. The predicted molar refractivity (Wildman–Crippen MR) is 236 cm³/mol. The zero-order valence-corrected chi connectivity index (χ0v) is 41.5. The number of esters is 2. The van der Waals surface area contributed by atoms with Gasteiger partial charge in [0.15, 0.2) is 11.4 Å². The molecule has 0 amide bonds. The number of ether oxygens (including phenoxy) is 2. The van der Waals surface area contributed by atoms with E-state index in [-0.39, 0.29) is 34.3 Å². The molecule has 0 saturated carbocycles. The maximum absolute atomic E-state index is 12.3. The van der Waals surface area contributed by atoms with Crippen LogP contribution in [-0.2, 0) is 38.3 Å². The molecular weight excluding hydrogens is 841 g/mol. The Morgan fingerprint density at radius 1 is 0.824 bits per heavy atom. The monoisotopic (exact) mass is 918 g/mol. The number of nitrogens with zero attached hydrogens (tertiary/aromatic N) is 5. The third kappa shape index (κ3) is 23.8. The van der Waals surface area contributed by atoms with E-state index in [9.17, 15) is 9.59 Å². The van der Waals surface area contributed by atoms with Crippen molar-refractivity contribution in [2.45, 2.75) is 186 Å². The number of aromatic nitrogens is 4. The standard InChI is InChI=1S/2C16H28N2O2.2C2H6.CH3Br.CH3I.CH3NS/c1-14(2,3)12-10-11(13(19)20-16(7,8)9)17-18(12)15(4,5)6;1-10(2)18-13(15(4,5)6)11(3)12(17-18)14(19)20-16(7,8)9;4*1-2;1-2-3/h2*10H,1-9H3;2*1-2H3;2*1H3;1H3/i;;1D;;;;. The third-order valence-electron chi connectivity index (χ3n) is 5.66. The Bertz CT molecular complexity index is 1250. The van der Waals surface area contributed by atoms with Gasteiger partial charge in [0.1, 0.15) is 11.2 Å². The molecule has 51 heavy (non-hydrogen) atoms.